The normalized spacial score (nSPS) is 10.4. The van der Waals surface area contributed by atoms with Crippen LogP contribution in [0.15, 0.2) is 36.4 Å². The maximum absolute atomic E-state index is 6.18. The molecule has 16 heavy (non-hydrogen) atoms. The third-order valence-corrected chi connectivity index (χ3v) is 3.24. The summed E-state index contributed by atoms with van der Waals surface area (Å²) in [6, 6.07) is 14.6. The van der Waals surface area contributed by atoms with Gasteiger partial charge in [-0.3, -0.25) is 0 Å². The lowest BCUT2D eigenvalue weighted by molar-refractivity contribution is 1.14. The minimum atomic E-state index is 0.638. The highest BCUT2D eigenvalue weighted by Crippen LogP contribution is 2.33. The van der Waals surface area contributed by atoms with Crippen LogP contribution in [0.2, 0.25) is 10.0 Å². The van der Waals surface area contributed by atoms with E-state index in [1.54, 1.807) is 0 Å². The first-order valence-corrected chi connectivity index (χ1v) is 5.93. The number of rotatable bonds is 2. The van der Waals surface area contributed by atoms with E-state index in [9.17, 15) is 0 Å². The van der Waals surface area contributed by atoms with Crippen molar-refractivity contribution in [3.63, 3.8) is 0 Å². The maximum Gasteiger partial charge on any atom is 0.0563 e. The average Bonchev–Trinajstić information content (AvgIpc) is 2.29. The van der Waals surface area contributed by atoms with Crippen molar-refractivity contribution in [3.8, 4) is 11.1 Å². The van der Waals surface area contributed by atoms with Crippen molar-refractivity contribution >= 4 is 23.2 Å². The van der Waals surface area contributed by atoms with Crippen LogP contribution in [0.3, 0.4) is 0 Å². The van der Waals surface area contributed by atoms with Crippen LogP contribution in [0.4, 0.5) is 0 Å². The molecule has 0 unspecified atom stereocenters. The molecule has 0 heterocycles. The van der Waals surface area contributed by atoms with Gasteiger partial charge in [0.15, 0.2) is 0 Å². The van der Waals surface area contributed by atoms with E-state index in [1.807, 2.05) is 36.4 Å². The van der Waals surface area contributed by atoms with E-state index in [0.717, 1.165) is 28.1 Å². The van der Waals surface area contributed by atoms with Gasteiger partial charge in [0.1, 0.15) is 0 Å². The zero-order valence-corrected chi connectivity index (χ0v) is 10.4. The van der Waals surface area contributed by atoms with Crippen LogP contribution in [0.1, 0.15) is 12.5 Å². The van der Waals surface area contributed by atoms with Gasteiger partial charge in [-0.2, -0.15) is 0 Å². The minimum Gasteiger partial charge on any atom is -0.0840 e. The fraction of sp³-hybridized carbons (Fsp3) is 0.143. The number of benzene rings is 2. The number of halogens is 2. The van der Waals surface area contributed by atoms with Gasteiger partial charge in [-0.1, -0.05) is 60.5 Å². The molecule has 0 bridgehead atoms. The Labute approximate surface area is 106 Å². The van der Waals surface area contributed by atoms with Gasteiger partial charge in [-0.05, 0) is 23.6 Å². The van der Waals surface area contributed by atoms with Gasteiger partial charge in [0.05, 0.1) is 5.02 Å². The predicted octanol–water partition coefficient (Wildman–Crippen LogP) is 5.02. The van der Waals surface area contributed by atoms with Gasteiger partial charge >= 0.3 is 0 Å². The van der Waals surface area contributed by atoms with Crippen molar-refractivity contribution in [2.24, 2.45) is 0 Å². The summed E-state index contributed by atoms with van der Waals surface area (Å²) in [4.78, 5) is 0. The molecular weight excluding hydrogens is 239 g/mol. The van der Waals surface area contributed by atoms with Crippen molar-refractivity contribution in [3.05, 3.63) is 58.1 Å². The quantitative estimate of drug-likeness (QED) is 0.701. The first-order chi connectivity index (χ1) is 7.74. The largest absolute Gasteiger partial charge is 0.0840 e. The summed E-state index contributed by atoms with van der Waals surface area (Å²) in [5, 5.41) is 1.43. The van der Waals surface area contributed by atoms with E-state index in [4.69, 9.17) is 23.2 Å². The van der Waals surface area contributed by atoms with Crippen LogP contribution in [0.25, 0.3) is 11.1 Å². The highest BCUT2D eigenvalue weighted by molar-refractivity contribution is 6.34. The zero-order valence-electron chi connectivity index (χ0n) is 8.93. The fourth-order valence-electron chi connectivity index (χ4n) is 1.79. The van der Waals surface area contributed by atoms with Gasteiger partial charge in [0, 0.05) is 16.7 Å². The molecule has 0 N–H and O–H groups in total. The summed E-state index contributed by atoms with van der Waals surface area (Å²) in [5.41, 5.74) is 3.21. The Bertz CT molecular complexity index is 504. The van der Waals surface area contributed by atoms with Gasteiger partial charge in [-0.15, -0.1) is 0 Å². The van der Waals surface area contributed by atoms with Gasteiger partial charge < -0.3 is 0 Å². The lowest BCUT2D eigenvalue weighted by atomic mass is 9.98. The van der Waals surface area contributed by atoms with E-state index in [1.165, 1.54) is 0 Å². The minimum absolute atomic E-state index is 0.638. The van der Waals surface area contributed by atoms with Crippen molar-refractivity contribution in [1.29, 1.82) is 0 Å². The summed E-state index contributed by atoms with van der Waals surface area (Å²) in [6.45, 7) is 2.09. The third kappa shape index (κ3) is 2.09. The Morgan fingerprint density at radius 1 is 1.06 bits per heavy atom. The molecule has 0 nitrogen and oxygen atoms in total. The molecule has 0 aliphatic rings. The molecule has 2 heteroatoms. The predicted molar refractivity (Wildman–Crippen MR) is 70.1 cm³/mol. The van der Waals surface area contributed by atoms with E-state index < -0.39 is 0 Å². The third-order valence-electron chi connectivity index (χ3n) is 2.57. The number of hydrogen-bond donors (Lipinski definition) is 0. The van der Waals surface area contributed by atoms with Crippen LogP contribution in [-0.2, 0) is 6.42 Å². The first-order valence-electron chi connectivity index (χ1n) is 5.18. The molecule has 0 spiro atoms. The molecule has 0 aliphatic heterocycles. The molecule has 0 saturated carbocycles. The number of hydrogen-bond acceptors (Lipinski definition) is 0. The lowest BCUT2D eigenvalue weighted by Crippen LogP contribution is -1.89. The van der Waals surface area contributed by atoms with Crippen LogP contribution in [-0.4, -0.2) is 0 Å². The van der Waals surface area contributed by atoms with Crippen molar-refractivity contribution in [2.45, 2.75) is 13.3 Å². The molecule has 1 radical (unpaired) electrons. The molecule has 2 aromatic rings. The highest BCUT2D eigenvalue weighted by Gasteiger charge is 2.09. The Hall–Kier alpha value is -0.980. The van der Waals surface area contributed by atoms with E-state index >= 15 is 0 Å². The second-order valence-electron chi connectivity index (χ2n) is 3.52. The summed E-state index contributed by atoms with van der Waals surface area (Å²) in [6.07, 6.45) is 0.889. The average molecular weight is 250 g/mol. The molecule has 0 aromatic heterocycles. The van der Waals surface area contributed by atoms with E-state index in [-0.39, 0.29) is 0 Å². The van der Waals surface area contributed by atoms with Crippen LogP contribution in [0.5, 0.6) is 0 Å². The molecule has 0 aliphatic carbocycles. The fourth-order valence-corrected chi connectivity index (χ4v) is 2.33. The Morgan fingerprint density at radius 3 is 2.50 bits per heavy atom. The zero-order chi connectivity index (χ0) is 11.5. The molecule has 0 amide bonds. The van der Waals surface area contributed by atoms with Crippen LogP contribution < -0.4 is 0 Å². The molecule has 81 valence electrons. The van der Waals surface area contributed by atoms with Crippen LogP contribution in [0, 0.1) is 6.07 Å². The topological polar surface area (TPSA) is 0 Å². The summed E-state index contributed by atoms with van der Waals surface area (Å²) >= 11 is 12.3. The molecule has 2 rings (SSSR count). The molecule has 0 saturated heterocycles. The van der Waals surface area contributed by atoms with Crippen molar-refractivity contribution < 1.29 is 0 Å². The van der Waals surface area contributed by atoms with E-state index in [2.05, 4.69) is 13.0 Å². The molecule has 2 aromatic carbocycles. The smallest absolute Gasteiger partial charge is 0.0563 e. The molecule has 0 fully saturated rings. The molecular formula is C14H11Cl2. The summed E-state index contributed by atoms with van der Waals surface area (Å²) in [7, 11) is 0. The Morgan fingerprint density at radius 2 is 1.81 bits per heavy atom. The monoisotopic (exact) mass is 249 g/mol. The second kappa shape index (κ2) is 4.90. The highest BCUT2D eigenvalue weighted by atomic mass is 35.5. The SMILES string of the molecule is CCc1c(Cl)cccc1-c1ccc[c]c1Cl. The first kappa shape index (κ1) is 11.5. The molecule has 0 atom stereocenters. The van der Waals surface area contributed by atoms with Crippen molar-refractivity contribution in [1.82, 2.24) is 0 Å². The van der Waals surface area contributed by atoms with Crippen LogP contribution >= 0.6 is 23.2 Å². The maximum atomic E-state index is 6.18. The Balaban J connectivity index is 2.65. The van der Waals surface area contributed by atoms with Crippen molar-refractivity contribution in [2.75, 3.05) is 0 Å². The second-order valence-corrected chi connectivity index (χ2v) is 4.30. The summed E-state index contributed by atoms with van der Waals surface area (Å²) in [5.74, 6) is 0. The Kier molecular flexibility index (Phi) is 3.52. The summed E-state index contributed by atoms with van der Waals surface area (Å²) < 4.78 is 0. The standard InChI is InChI=1S/C14H11Cl2/c1-2-10-11(7-5-9-13(10)15)12-6-3-4-8-14(12)16/h3-7,9H,2H2,1H3. The van der Waals surface area contributed by atoms with E-state index in [0.29, 0.717) is 5.02 Å². The van der Waals surface area contributed by atoms with Gasteiger partial charge in [-0.25, -0.2) is 0 Å². The lowest BCUT2D eigenvalue weighted by Gasteiger charge is -2.10. The van der Waals surface area contributed by atoms with Gasteiger partial charge in [0.2, 0.25) is 0 Å². The van der Waals surface area contributed by atoms with Gasteiger partial charge in [0.25, 0.3) is 0 Å².